The molecule has 3 nitrogen and oxygen atoms in total. The summed E-state index contributed by atoms with van der Waals surface area (Å²) in [4.78, 5) is 17.4. The zero-order valence-corrected chi connectivity index (χ0v) is 13.9. The maximum absolute atomic E-state index is 12.2. The molecule has 1 aromatic carbocycles. The molecule has 4 heteroatoms. The first-order valence-electron chi connectivity index (χ1n) is 7.48. The van der Waals surface area contributed by atoms with Crippen LogP contribution in [0.15, 0.2) is 42.7 Å². The number of benzene rings is 1. The minimum Gasteiger partial charge on any atom is -0.462 e. The van der Waals surface area contributed by atoms with Crippen molar-refractivity contribution in [1.82, 2.24) is 4.98 Å². The van der Waals surface area contributed by atoms with Crippen LogP contribution in [-0.4, -0.2) is 17.6 Å². The van der Waals surface area contributed by atoms with Crippen molar-refractivity contribution < 1.29 is 9.53 Å². The predicted molar refractivity (Wildman–Crippen MR) is 95.7 cm³/mol. The monoisotopic (exact) mass is 323 g/mol. The van der Waals surface area contributed by atoms with Gasteiger partial charge in [-0.3, -0.25) is 4.98 Å². The smallest absolute Gasteiger partial charge is 0.338 e. The number of hydrogen-bond acceptors (Lipinski definition) is 4. The number of aryl methyl sites for hydroxylation is 1. The van der Waals surface area contributed by atoms with Gasteiger partial charge in [-0.2, -0.15) is 0 Å². The number of pyridine rings is 1. The Balaban J connectivity index is 2.03. The van der Waals surface area contributed by atoms with Crippen LogP contribution in [0.4, 0.5) is 0 Å². The van der Waals surface area contributed by atoms with Crippen LogP contribution in [0.5, 0.6) is 0 Å². The highest BCUT2D eigenvalue weighted by Crippen LogP contribution is 2.34. The van der Waals surface area contributed by atoms with E-state index in [9.17, 15) is 4.79 Å². The van der Waals surface area contributed by atoms with E-state index in [0.717, 1.165) is 26.1 Å². The molecule has 2 aromatic heterocycles. The van der Waals surface area contributed by atoms with Crippen LogP contribution in [-0.2, 0) is 4.74 Å². The SMILES string of the molecule is CCOC(=O)c1cccc2sc(C=Cc3cccnc3)c(C)c12. The van der Waals surface area contributed by atoms with Crippen LogP contribution in [0.25, 0.3) is 22.2 Å². The molecule has 0 amide bonds. The standard InChI is InChI=1S/C19H17NO2S/c1-3-22-19(21)15-7-4-8-17-18(15)13(2)16(23-17)10-9-14-6-5-11-20-12-14/h4-12H,3H2,1-2H3. The van der Waals surface area contributed by atoms with Gasteiger partial charge in [-0.15, -0.1) is 11.3 Å². The Labute approximate surface area is 139 Å². The quantitative estimate of drug-likeness (QED) is 0.638. The fraction of sp³-hybridized carbons (Fsp3) is 0.158. The molecule has 0 unspecified atom stereocenters. The minimum atomic E-state index is -0.262. The minimum absolute atomic E-state index is 0.262. The Hall–Kier alpha value is -2.46. The van der Waals surface area contributed by atoms with E-state index < -0.39 is 0 Å². The Morgan fingerprint density at radius 1 is 1.26 bits per heavy atom. The molecule has 2 heterocycles. The van der Waals surface area contributed by atoms with E-state index in [-0.39, 0.29) is 5.97 Å². The summed E-state index contributed by atoms with van der Waals surface area (Å²) in [7, 11) is 0. The van der Waals surface area contributed by atoms with Gasteiger partial charge in [-0.25, -0.2) is 4.79 Å². The first-order chi connectivity index (χ1) is 11.2. The number of aromatic nitrogens is 1. The molecule has 0 aliphatic heterocycles. The van der Waals surface area contributed by atoms with Crippen molar-refractivity contribution >= 4 is 39.5 Å². The summed E-state index contributed by atoms with van der Waals surface area (Å²) < 4.78 is 6.27. The zero-order valence-electron chi connectivity index (χ0n) is 13.1. The van der Waals surface area contributed by atoms with Gasteiger partial charge in [0.2, 0.25) is 0 Å². The first-order valence-corrected chi connectivity index (χ1v) is 8.29. The summed E-state index contributed by atoms with van der Waals surface area (Å²) in [6.07, 6.45) is 7.69. The molecule has 0 fully saturated rings. The fourth-order valence-electron chi connectivity index (χ4n) is 2.51. The highest BCUT2D eigenvalue weighted by Gasteiger charge is 2.16. The second-order valence-corrected chi connectivity index (χ2v) is 6.19. The Bertz CT molecular complexity index is 866. The van der Waals surface area contributed by atoms with E-state index in [1.807, 2.05) is 56.5 Å². The van der Waals surface area contributed by atoms with Crippen molar-refractivity contribution in [2.45, 2.75) is 13.8 Å². The Kier molecular flexibility index (Phi) is 4.53. The molecule has 0 atom stereocenters. The Morgan fingerprint density at radius 2 is 2.13 bits per heavy atom. The number of ether oxygens (including phenoxy) is 1. The molecule has 0 saturated heterocycles. The topological polar surface area (TPSA) is 39.2 Å². The molecule has 0 radical (unpaired) electrons. The molecule has 3 aromatic rings. The van der Waals surface area contributed by atoms with E-state index in [2.05, 4.69) is 11.1 Å². The molecular formula is C19H17NO2S. The summed E-state index contributed by atoms with van der Waals surface area (Å²) in [5.41, 5.74) is 2.79. The number of nitrogens with zero attached hydrogens (tertiary/aromatic N) is 1. The van der Waals surface area contributed by atoms with Gasteiger partial charge in [-0.1, -0.05) is 18.2 Å². The number of hydrogen-bond donors (Lipinski definition) is 0. The largest absolute Gasteiger partial charge is 0.462 e. The summed E-state index contributed by atoms with van der Waals surface area (Å²) in [5, 5.41) is 0.988. The molecule has 0 bridgehead atoms. The maximum atomic E-state index is 12.2. The number of fused-ring (bicyclic) bond motifs is 1. The van der Waals surface area contributed by atoms with Crippen LogP contribution in [0, 0.1) is 6.92 Å². The third-order valence-electron chi connectivity index (χ3n) is 3.60. The fourth-order valence-corrected chi connectivity index (χ4v) is 3.65. The number of carbonyl (C=O) groups excluding carboxylic acids is 1. The van der Waals surface area contributed by atoms with Gasteiger partial charge in [0.25, 0.3) is 0 Å². The van der Waals surface area contributed by atoms with E-state index in [1.165, 1.54) is 0 Å². The lowest BCUT2D eigenvalue weighted by molar-refractivity contribution is 0.0528. The van der Waals surface area contributed by atoms with Crippen LogP contribution >= 0.6 is 11.3 Å². The molecule has 23 heavy (non-hydrogen) atoms. The molecular weight excluding hydrogens is 306 g/mol. The maximum Gasteiger partial charge on any atom is 0.338 e. The van der Waals surface area contributed by atoms with Crippen molar-refractivity contribution in [3.05, 3.63) is 64.3 Å². The zero-order chi connectivity index (χ0) is 16.2. The lowest BCUT2D eigenvalue weighted by Crippen LogP contribution is -2.05. The molecule has 3 rings (SSSR count). The summed E-state index contributed by atoms with van der Waals surface area (Å²) in [6.45, 7) is 4.25. The van der Waals surface area contributed by atoms with Crippen molar-refractivity contribution in [2.75, 3.05) is 6.61 Å². The van der Waals surface area contributed by atoms with Crippen LogP contribution < -0.4 is 0 Å². The molecule has 0 spiro atoms. The summed E-state index contributed by atoms with van der Waals surface area (Å²) in [5.74, 6) is -0.262. The van der Waals surface area contributed by atoms with Gasteiger partial charge >= 0.3 is 5.97 Å². The van der Waals surface area contributed by atoms with Gasteiger partial charge in [-0.05, 0) is 49.2 Å². The molecule has 0 aliphatic carbocycles. The summed E-state index contributed by atoms with van der Waals surface area (Å²) in [6, 6.07) is 9.69. The van der Waals surface area contributed by atoms with Gasteiger partial charge in [0.15, 0.2) is 0 Å². The average molecular weight is 323 g/mol. The van der Waals surface area contributed by atoms with Crippen molar-refractivity contribution in [2.24, 2.45) is 0 Å². The number of thiophene rings is 1. The second-order valence-electron chi connectivity index (χ2n) is 5.11. The van der Waals surface area contributed by atoms with E-state index >= 15 is 0 Å². The average Bonchev–Trinajstić information content (AvgIpc) is 2.90. The van der Waals surface area contributed by atoms with E-state index in [1.54, 1.807) is 17.5 Å². The third kappa shape index (κ3) is 3.17. The first kappa shape index (κ1) is 15.4. The number of rotatable bonds is 4. The summed E-state index contributed by atoms with van der Waals surface area (Å²) >= 11 is 1.68. The lowest BCUT2D eigenvalue weighted by Gasteiger charge is -2.04. The van der Waals surface area contributed by atoms with Crippen LogP contribution in [0.2, 0.25) is 0 Å². The predicted octanol–water partition coefficient (Wildman–Crippen LogP) is 4.95. The molecule has 0 N–H and O–H groups in total. The van der Waals surface area contributed by atoms with Gasteiger partial charge in [0.05, 0.1) is 12.2 Å². The van der Waals surface area contributed by atoms with Crippen LogP contribution in [0.1, 0.15) is 33.3 Å². The lowest BCUT2D eigenvalue weighted by atomic mass is 10.1. The second kappa shape index (κ2) is 6.75. The van der Waals surface area contributed by atoms with Gasteiger partial charge < -0.3 is 4.74 Å². The number of esters is 1. The van der Waals surface area contributed by atoms with Gasteiger partial charge in [0, 0.05) is 27.4 Å². The van der Waals surface area contributed by atoms with Crippen LogP contribution in [0.3, 0.4) is 0 Å². The normalized spacial score (nSPS) is 11.2. The number of carbonyl (C=O) groups is 1. The molecule has 0 saturated carbocycles. The molecule has 116 valence electrons. The third-order valence-corrected chi connectivity index (χ3v) is 4.82. The highest BCUT2D eigenvalue weighted by atomic mass is 32.1. The van der Waals surface area contributed by atoms with Crippen molar-refractivity contribution in [3.63, 3.8) is 0 Å². The Morgan fingerprint density at radius 3 is 2.87 bits per heavy atom. The van der Waals surface area contributed by atoms with Crippen molar-refractivity contribution in [1.29, 1.82) is 0 Å². The van der Waals surface area contributed by atoms with Gasteiger partial charge in [0.1, 0.15) is 0 Å². The van der Waals surface area contributed by atoms with E-state index in [4.69, 9.17) is 4.74 Å². The van der Waals surface area contributed by atoms with E-state index in [0.29, 0.717) is 12.2 Å². The van der Waals surface area contributed by atoms with Crippen molar-refractivity contribution in [3.8, 4) is 0 Å². The highest BCUT2D eigenvalue weighted by molar-refractivity contribution is 7.20. The molecule has 0 aliphatic rings.